The number of carbonyl (C=O) groups is 1. The van der Waals surface area contributed by atoms with Gasteiger partial charge in [-0.05, 0) is 38.3 Å². The number of carbonyl (C=O) groups excluding carboxylic acids is 1. The molecule has 0 radical (unpaired) electrons. The standard InChI is InChI=1S/C19H29NO2/c1-15-11-16(2)14-20(13-15)9-4-5-10-22-19-8-6-7-18(12-19)17(3)21/h6-8,12,15-16H,4-5,9-11,13-14H2,1-3H3/p+1/t15-,16-/m1/s1. The second-order valence-corrected chi connectivity index (χ2v) is 6.99. The van der Waals surface area contributed by atoms with Crippen LogP contribution in [-0.2, 0) is 0 Å². The van der Waals surface area contributed by atoms with E-state index in [0.29, 0.717) is 0 Å². The quantitative estimate of drug-likeness (QED) is 0.620. The van der Waals surface area contributed by atoms with E-state index in [2.05, 4.69) is 13.8 Å². The smallest absolute Gasteiger partial charge is 0.159 e. The van der Waals surface area contributed by atoms with E-state index in [-0.39, 0.29) is 5.78 Å². The molecule has 3 nitrogen and oxygen atoms in total. The van der Waals surface area contributed by atoms with Crippen LogP contribution in [0, 0.1) is 11.8 Å². The molecule has 0 aromatic heterocycles. The molecule has 3 heteroatoms. The molecule has 1 saturated heterocycles. The van der Waals surface area contributed by atoms with Gasteiger partial charge in [0.25, 0.3) is 0 Å². The van der Waals surface area contributed by atoms with Gasteiger partial charge in [-0.15, -0.1) is 0 Å². The second kappa shape index (κ2) is 8.33. The van der Waals surface area contributed by atoms with Crippen molar-refractivity contribution in [3.8, 4) is 5.75 Å². The molecule has 0 spiro atoms. The Bertz CT molecular complexity index is 476. The van der Waals surface area contributed by atoms with Crippen molar-refractivity contribution >= 4 is 5.78 Å². The number of quaternary nitrogens is 1. The Balaban J connectivity index is 1.65. The zero-order valence-electron chi connectivity index (χ0n) is 14.2. The largest absolute Gasteiger partial charge is 0.494 e. The van der Waals surface area contributed by atoms with E-state index >= 15 is 0 Å². The average Bonchev–Trinajstić information content (AvgIpc) is 2.46. The number of hydrogen-bond acceptors (Lipinski definition) is 2. The van der Waals surface area contributed by atoms with Crippen LogP contribution < -0.4 is 9.64 Å². The molecule has 0 unspecified atom stereocenters. The van der Waals surface area contributed by atoms with Gasteiger partial charge in [0, 0.05) is 17.4 Å². The van der Waals surface area contributed by atoms with Crippen molar-refractivity contribution in [1.82, 2.24) is 0 Å². The molecule has 1 fully saturated rings. The molecule has 22 heavy (non-hydrogen) atoms. The van der Waals surface area contributed by atoms with E-state index in [1.165, 1.54) is 32.5 Å². The molecule has 2 atom stereocenters. The van der Waals surface area contributed by atoms with Crippen LogP contribution in [0.5, 0.6) is 5.75 Å². The maximum Gasteiger partial charge on any atom is 0.159 e. The molecule has 1 aliphatic heterocycles. The first-order valence-corrected chi connectivity index (χ1v) is 8.62. The zero-order valence-corrected chi connectivity index (χ0v) is 14.2. The first-order valence-electron chi connectivity index (χ1n) is 8.62. The summed E-state index contributed by atoms with van der Waals surface area (Å²) in [6, 6.07) is 7.47. The summed E-state index contributed by atoms with van der Waals surface area (Å²) in [6.45, 7) is 11.0. The van der Waals surface area contributed by atoms with E-state index in [4.69, 9.17) is 4.74 Å². The van der Waals surface area contributed by atoms with E-state index in [1.807, 2.05) is 24.3 Å². The molecule has 1 aromatic rings. The molecule has 0 amide bonds. The average molecular weight is 304 g/mol. The first-order chi connectivity index (χ1) is 10.5. The maximum absolute atomic E-state index is 11.3. The Morgan fingerprint density at radius 1 is 1.23 bits per heavy atom. The van der Waals surface area contributed by atoms with Crippen molar-refractivity contribution in [2.45, 2.75) is 40.0 Å². The Morgan fingerprint density at radius 2 is 1.95 bits per heavy atom. The zero-order chi connectivity index (χ0) is 15.9. The number of ketones is 1. The van der Waals surface area contributed by atoms with Crippen LogP contribution in [0.25, 0.3) is 0 Å². The number of nitrogens with one attached hydrogen (secondary N) is 1. The highest BCUT2D eigenvalue weighted by Crippen LogP contribution is 2.14. The number of rotatable bonds is 7. The number of unbranched alkanes of at least 4 members (excludes halogenated alkanes) is 1. The molecule has 1 aromatic carbocycles. The van der Waals surface area contributed by atoms with Gasteiger partial charge in [-0.2, -0.15) is 0 Å². The summed E-state index contributed by atoms with van der Waals surface area (Å²) >= 11 is 0. The van der Waals surface area contributed by atoms with E-state index in [1.54, 1.807) is 11.8 Å². The normalized spacial score (nSPS) is 25.0. The molecule has 1 aliphatic rings. The molecule has 1 N–H and O–H groups in total. The minimum atomic E-state index is 0.0855. The van der Waals surface area contributed by atoms with Crippen molar-refractivity contribution in [3.05, 3.63) is 29.8 Å². The lowest BCUT2D eigenvalue weighted by Crippen LogP contribution is -3.14. The Morgan fingerprint density at radius 3 is 2.64 bits per heavy atom. The lowest BCUT2D eigenvalue weighted by molar-refractivity contribution is -0.912. The van der Waals surface area contributed by atoms with Gasteiger partial charge in [-0.25, -0.2) is 0 Å². The third kappa shape index (κ3) is 5.45. The van der Waals surface area contributed by atoms with Crippen LogP contribution >= 0.6 is 0 Å². The van der Waals surface area contributed by atoms with Crippen molar-refractivity contribution < 1.29 is 14.4 Å². The van der Waals surface area contributed by atoms with Crippen molar-refractivity contribution in [2.24, 2.45) is 11.8 Å². The van der Waals surface area contributed by atoms with Gasteiger partial charge in [0.05, 0.1) is 26.2 Å². The highest BCUT2D eigenvalue weighted by atomic mass is 16.5. The molecule has 0 saturated carbocycles. The highest BCUT2D eigenvalue weighted by molar-refractivity contribution is 5.94. The minimum Gasteiger partial charge on any atom is -0.494 e. The Labute approximate surface area is 134 Å². The molecular formula is C19H30NO2+. The van der Waals surface area contributed by atoms with Crippen LogP contribution in [0.15, 0.2) is 24.3 Å². The van der Waals surface area contributed by atoms with Gasteiger partial charge in [0.15, 0.2) is 5.78 Å². The van der Waals surface area contributed by atoms with Crippen molar-refractivity contribution in [2.75, 3.05) is 26.2 Å². The van der Waals surface area contributed by atoms with Gasteiger partial charge < -0.3 is 9.64 Å². The summed E-state index contributed by atoms with van der Waals surface area (Å²) < 4.78 is 5.77. The third-order valence-electron chi connectivity index (χ3n) is 4.51. The SMILES string of the molecule is CC(=O)c1cccc(OCCCC[NH+]2C[C@H](C)C[C@@H](C)C2)c1. The molecule has 0 bridgehead atoms. The van der Waals surface area contributed by atoms with Crippen molar-refractivity contribution in [1.29, 1.82) is 0 Å². The minimum absolute atomic E-state index is 0.0855. The third-order valence-corrected chi connectivity index (χ3v) is 4.51. The number of likely N-dealkylation sites (tertiary alicyclic amines) is 1. The molecular weight excluding hydrogens is 274 g/mol. The second-order valence-electron chi connectivity index (χ2n) is 6.99. The highest BCUT2D eigenvalue weighted by Gasteiger charge is 2.24. The fourth-order valence-corrected chi connectivity index (χ4v) is 3.60. The van der Waals surface area contributed by atoms with Crippen LogP contribution in [0.1, 0.15) is 50.4 Å². The summed E-state index contributed by atoms with van der Waals surface area (Å²) in [5, 5.41) is 0. The Kier molecular flexibility index (Phi) is 6.44. The summed E-state index contributed by atoms with van der Waals surface area (Å²) in [6.07, 6.45) is 3.68. The van der Waals surface area contributed by atoms with Crippen molar-refractivity contribution in [3.63, 3.8) is 0 Å². The molecule has 122 valence electrons. The number of benzene rings is 1. The molecule has 0 aliphatic carbocycles. The van der Waals surface area contributed by atoms with E-state index in [0.717, 1.165) is 36.2 Å². The van der Waals surface area contributed by atoms with Gasteiger partial charge in [-0.1, -0.05) is 26.0 Å². The van der Waals surface area contributed by atoms with E-state index < -0.39 is 0 Å². The number of piperidine rings is 1. The fraction of sp³-hybridized carbons (Fsp3) is 0.632. The summed E-state index contributed by atoms with van der Waals surface area (Å²) in [4.78, 5) is 13.1. The lowest BCUT2D eigenvalue weighted by atomic mass is 9.92. The van der Waals surface area contributed by atoms with Gasteiger partial charge >= 0.3 is 0 Å². The van der Waals surface area contributed by atoms with Crippen LogP contribution in [0.4, 0.5) is 0 Å². The number of ether oxygens (including phenoxy) is 1. The molecule has 1 heterocycles. The van der Waals surface area contributed by atoms with Gasteiger partial charge in [-0.3, -0.25) is 4.79 Å². The predicted molar refractivity (Wildman–Crippen MR) is 89.7 cm³/mol. The first kappa shape index (κ1) is 17.0. The summed E-state index contributed by atoms with van der Waals surface area (Å²) in [5.74, 6) is 2.62. The predicted octanol–water partition coefficient (Wildman–Crippen LogP) is 2.61. The van der Waals surface area contributed by atoms with Crippen LogP contribution in [0.2, 0.25) is 0 Å². The number of hydrogen-bond donors (Lipinski definition) is 1. The van der Waals surface area contributed by atoms with Crippen LogP contribution in [0.3, 0.4) is 0 Å². The summed E-state index contributed by atoms with van der Waals surface area (Å²) in [5.41, 5.74) is 0.721. The lowest BCUT2D eigenvalue weighted by Gasteiger charge is -2.32. The monoisotopic (exact) mass is 304 g/mol. The maximum atomic E-state index is 11.3. The van der Waals surface area contributed by atoms with Gasteiger partial charge in [0.1, 0.15) is 5.75 Å². The van der Waals surface area contributed by atoms with E-state index in [9.17, 15) is 4.79 Å². The molecule has 2 rings (SSSR count). The topological polar surface area (TPSA) is 30.7 Å². The van der Waals surface area contributed by atoms with Gasteiger partial charge in [0.2, 0.25) is 0 Å². The summed E-state index contributed by atoms with van der Waals surface area (Å²) in [7, 11) is 0. The fourth-order valence-electron chi connectivity index (χ4n) is 3.60. The van der Waals surface area contributed by atoms with Crippen LogP contribution in [-0.4, -0.2) is 32.0 Å². The Hall–Kier alpha value is -1.35. The number of Topliss-reactive ketones (excluding diaryl/α,β-unsaturated/α-hetero) is 1.